The molecule has 0 bridgehead atoms. The van der Waals surface area contributed by atoms with Crippen LogP contribution in [-0.4, -0.2) is 28.3 Å². The smallest absolute Gasteiger partial charge is 0.244 e. The van der Waals surface area contributed by atoms with E-state index in [1.165, 1.54) is 0 Å². The minimum absolute atomic E-state index is 0.119. The Bertz CT molecular complexity index is 667. The fraction of sp³-hybridized carbons (Fsp3) is 0.412. The Hall–Kier alpha value is -1.85. The first-order chi connectivity index (χ1) is 11.2. The van der Waals surface area contributed by atoms with Crippen LogP contribution >= 0.6 is 11.6 Å². The Balaban J connectivity index is 1.57. The van der Waals surface area contributed by atoms with Crippen LogP contribution in [-0.2, 0) is 17.9 Å². The number of carbonyl (C=O) groups is 1. The number of hydrogen-bond donors (Lipinski definition) is 1. The molecule has 2 heterocycles. The topological polar surface area (TPSA) is 50.2 Å². The minimum Gasteiger partial charge on any atom is -0.311 e. The fourth-order valence-electron chi connectivity index (χ4n) is 2.84. The Kier molecular flexibility index (Phi) is 4.98. The molecule has 1 N–H and O–H groups in total. The molecule has 1 atom stereocenters. The van der Waals surface area contributed by atoms with Crippen molar-refractivity contribution in [3.63, 3.8) is 0 Å². The molecule has 6 heteroatoms. The number of rotatable bonds is 6. The molecular formula is C17H21ClN4O. The molecule has 1 aliphatic heterocycles. The number of aromatic nitrogens is 2. The summed E-state index contributed by atoms with van der Waals surface area (Å²) in [7, 11) is 0. The van der Waals surface area contributed by atoms with Crippen molar-refractivity contribution in [1.29, 1.82) is 0 Å². The lowest BCUT2D eigenvalue weighted by Gasteiger charge is -2.17. The molecular weight excluding hydrogens is 312 g/mol. The predicted molar refractivity (Wildman–Crippen MR) is 91.6 cm³/mol. The molecule has 0 radical (unpaired) electrons. The maximum absolute atomic E-state index is 12.5. The van der Waals surface area contributed by atoms with Crippen molar-refractivity contribution in [2.45, 2.75) is 38.9 Å². The van der Waals surface area contributed by atoms with Gasteiger partial charge in [0.15, 0.2) is 0 Å². The van der Waals surface area contributed by atoms with Crippen LogP contribution in [0.2, 0.25) is 5.02 Å². The zero-order valence-electron chi connectivity index (χ0n) is 13.2. The van der Waals surface area contributed by atoms with Crippen molar-refractivity contribution >= 4 is 23.2 Å². The van der Waals surface area contributed by atoms with Crippen molar-refractivity contribution in [3.8, 4) is 0 Å². The molecule has 0 aliphatic carbocycles. The minimum atomic E-state index is -0.139. The highest BCUT2D eigenvalue weighted by molar-refractivity contribution is 6.30. The van der Waals surface area contributed by atoms with Gasteiger partial charge in [0.2, 0.25) is 5.91 Å². The lowest BCUT2D eigenvalue weighted by atomic mass is 10.2. The zero-order valence-corrected chi connectivity index (χ0v) is 14.0. The van der Waals surface area contributed by atoms with E-state index in [0.717, 1.165) is 37.2 Å². The second-order valence-corrected chi connectivity index (χ2v) is 6.24. The van der Waals surface area contributed by atoms with Gasteiger partial charge in [-0.1, -0.05) is 18.5 Å². The third-order valence-corrected chi connectivity index (χ3v) is 4.29. The quantitative estimate of drug-likeness (QED) is 0.885. The van der Waals surface area contributed by atoms with Crippen molar-refractivity contribution in [1.82, 2.24) is 15.1 Å². The lowest BCUT2D eigenvalue weighted by Crippen LogP contribution is -2.37. The molecule has 23 heavy (non-hydrogen) atoms. The first kappa shape index (κ1) is 16.0. The van der Waals surface area contributed by atoms with Crippen LogP contribution in [0, 0.1) is 0 Å². The van der Waals surface area contributed by atoms with Crippen LogP contribution in [0.1, 0.15) is 25.3 Å². The molecule has 1 aromatic heterocycles. The highest BCUT2D eigenvalue weighted by Crippen LogP contribution is 2.23. The molecule has 1 aliphatic rings. The molecule has 122 valence electrons. The van der Waals surface area contributed by atoms with Crippen LogP contribution < -0.4 is 10.2 Å². The van der Waals surface area contributed by atoms with Gasteiger partial charge < -0.3 is 10.2 Å². The van der Waals surface area contributed by atoms with Gasteiger partial charge in [-0.3, -0.25) is 9.48 Å². The maximum Gasteiger partial charge on any atom is 0.244 e. The zero-order chi connectivity index (χ0) is 16.2. The molecule has 1 aromatic carbocycles. The van der Waals surface area contributed by atoms with Crippen molar-refractivity contribution in [2.75, 3.05) is 11.4 Å². The molecule has 1 fully saturated rings. The van der Waals surface area contributed by atoms with Gasteiger partial charge in [0.25, 0.3) is 0 Å². The van der Waals surface area contributed by atoms with Gasteiger partial charge in [-0.2, -0.15) is 5.10 Å². The SMILES string of the molecule is CCCn1cc(CN[C@@H]2CCN(c3ccc(Cl)cc3)C2=O)cn1. The molecule has 2 aromatic rings. The van der Waals surface area contributed by atoms with Gasteiger partial charge >= 0.3 is 0 Å². The van der Waals surface area contributed by atoms with Crippen molar-refractivity contribution < 1.29 is 4.79 Å². The molecule has 1 amide bonds. The number of amides is 1. The third kappa shape index (κ3) is 3.74. The van der Waals surface area contributed by atoms with Crippen LogP contribution in [0.5, 0.6) is 0 Å². The molecule has 0 spiro atoms. The number of anilines is 1. The lowest BCUT2D eigenvalue weighted by molar-refractivity contribution is -0.118. The van der Waals surface area contributed by atoms with E-state index in [2.05, 4.69) is 17.3 Å². The summed E-state index contributed by atoms with van der Waals surface area (Å²) in [6.45, 7) is 4.44. The first-order valence-corrected chi connectivity index (χ1v) is 8.37. The van der Waals surface area contributed by atoms with Gasteiger partial charge in [0, 0.05) is 42.1 Å². The van der Waals surface area contributed by atoms with Crippen LogP contribution in [0.15, 0.2) is 36.7 Å². The summed E-state index contributed by atoms with van der Waals surface area (Å²) < 4.78 is 1.94. The van der Waals surface area contributed by atoms with E-state index in [0.29, 0.717) is 11.6 Å². The van der Waals surface area contributed by atoms with E-state index in [1.807, 2.05) is 46.2 Å². The van der Waals surface area contributed by atoms with E-state index in [4.69, 9.17) is 11.6 Å². The summed E-state index contributed by atoms with van der Waals surface area (Å²) in [4.78, 5) is 14.3. The van der Waals surface area contributed by atoms with Crippen LogP contribution in [0.4, 0.5) is 5.69 Å². The number of nitrogens with zero attached hydrogens (tertiary/aromatic N) is 3. The van der Waals surface area contributed by atoms with Gasteiger partial charge in [0.05, 0.1) is 12.2 Å². The van der Waals surface area contributed by atoms with Gasteiger partial charge in [-0.25, -0.2) is 0 Å². The Morgan fingerprint density at radius 1 is 1.35 bits per heavy atom. The van der Waals surface area contributed by atoms with E-state index < -0.39 is 0 Å². The summed E-state index contributed by atoms with van der Waals surface area (Å²) >= 11 is 5.90. The van der Waals surface area contributed by atoms with Crippen molar-refractivity contribution in [2.24, 2.45) is 0 Å². The monoisotopic (exact) mass is 332 g/mol. The molecule has 0 saturated carbocycles. The first-order valence-electron chi connectivity index (χ1n) is 7.99. The standard InChI is InChI=1S/C17H21ClN4O/c1-2-8-21-12-13(11-20-21)10-19-16-7-9-22(17(16)23)15-5-3-14(18)4-6-15/h3-6,11-12,16,19H,2,7-10H2,1H3/t16-/m1/s1. The average Bonchev–Trinajstić information content (AvgIpc) is 3.14. The molecule has 0 unspecified atom stereocenters. The summed E-state index contributed by atoms with van der Waals surface area (Å²) in [5.41, 5.74) is 2.01. The summed E-state index contributed by atoms with van der Waals surface area (Å²) in [5, 5.41) is 8.33. The summed E-state index contributed by atoms with van der Waals surface area (Å²) in [6.07, 6.45) is 5.77. The number of nitrogens with one attached hydrogen (secondary N) is 1. The molecule has 1 saturated heterocycles. The number of benzene rings is 1. The second-order valence-electron chi connectivity index (χ2n) is 5.80. The fourth-order valence-corrected chi connectivity index (χ4v) is 2.96. The highest BCUT2D eigenvalue weighted by Gasteiger charge is 2.32. The summed E-state index contributed by atoms with van der Waals surface area (Å²) in [5.74, 6) is 0.119. The summed E-state index contributed by atoms with van der Waals surface area (Å²) in [6, 6.07) is 7.26. The predicted octanol–water partition coefficient (Wildman–Crippen LogP) is 2.84. The normalized spacial score (nSPS) is 17.9. The number of carbonyl (C=O) groups excluding carboxylic acids is 1. The molecule has 5 nitrogen and oxygen atoms in total. The number of hydrogen-bond acceptors (Lipinski definition) is 3. The van der Waals surface area contributed by atoms with E-state index in [-0.39, 0.29) is 11.9 Å². The van der Waals surface area contributed by atoms with Gasteiger partial charge in [0.1, 0.15) is 0 Å². The average molecular weight is 333 g/mol. The van der Waals surface area contributed by atoms with Crippen LogP contribution in [0.25, 0.3) is 0 Å². The van der Waals surface area contributed by atoms with Crippen molar-refractivity contribution in [3.05, 3.63) is 47.2 Å². The maximum atomic E-state index is 12.5. The number of aryl methyl sites for hydroxylation is 1. The van der Waals surface area contributed by atoms with E-state index >= 15 is 0 Å². The third-order valence-electron chi connectivity index (χ3n) is 4.04. The van der Waals surface area contributed by atoms with E-state index in [9.17, 15) is 4.79 Å². The number of halogens is 1. The Labute approximate surface area is 141 Å². The van der Waals surface area contributed by atoms with Gasteiger partial charge in [-0.15, -0.1) is 0 Å². The van der Waals surface area contributed by atoms with Crippen LogP contribution in [0.3, 0.4) is 0 Å². The second kappa shape index (κ2) is 7.15. The highest BCUT2D eigenvalue weighted by atomic mass is 35.5. The Morgan fingerprint density at radius 3 is 2.87 bits per heavy atom. The largest absolute Gasteiger partial charge is 0.311 e. The molecule has 3 rings (SSSR count). The Morgan fingerprint density at radius 2 is 2.13 bits per heavy atom. The van der Waals surface area contributed by atoms with E-state index in [1.54, 1.807) is 0 Å². The van der Waals surface area contributed by atoms with Gasteiger partial charge in [-0.05, 0) is 37.1 Å².